The van der Waals surface area contributed by atoms with Crippen LogP contribution in [0.2, 0.25) is 0 Å². The van der Waals surface area contributed by atoms with E-state index >= 15 is 0 Å². The van der Waals surface area contributed by atoms with E-state index in [1.165, 1.54) is 32.1 Å². The zero-order chi connectivity index (χ0) is 15.3. The third-order valence-electron chi connectivity index (χ3n) is 3.65. The number of unbranched alkanes of at least 4 members (excludes halogenated alkanes) is 5. The van der Waals surface area contributed by atoms with Gasteiger partial charge in [0.1, 0.15) is 5.54 Å². The minimum absolute atomic E-state index is 0.604. The van der Waals surface area contributed by atoms with Crippen molar-refractivity contribution in [2.24, 2.45) is 0 Å². The van der Waals surface area contributed by atoms with Crippen molar-refractivity contribution in [1.82, 2.24) is 5.32 Å². The number of likely N-dealkylation sites (N-methyl/N-ethyl adjacent to an activating group) is 1. The van der Waals surface area contributed by atoms with Gasteiger partial charge in [-0.15, -0.1) is 0 Å². The Kier molecular flexibility index (Phi) is 11.8. The number of carbonyl (C=O) groups is 1. The Morgan fingerprint density at radius 3 is 2.25 bits per heavy atom. The highest BCUT2D eigenvalue weighted by Crippen LogP contribution is 2.13. The number of hydrogen-bond donors (Lipinski definition) is 2. The summed E-state index contributed by atoms with van der Waals surface area (Å²) in [5, 5.41) is 12.2. The maximum atomic E-state index is 11.2. The Morgan fingerprint density at radius 1 is 1.05 bits per heavy atom. The van der Waals surface area contributed by atoms with E-state index < -0.39 is 11.5 Å². The first-order chi connectivity index (χ1) is 9.56. The normalized spacial score (nSPS) is 14.2. The van der Waals surface area contributed by atoms with Crippen LogP contribution in [-0.4, -0.2) is 36.4 Å². The van der Waals surface area contributed by atoms with Gasteiger partial charge in [0.25, 0.3) is 0 Å². The molecule has 0 aromatic carbocycles. The average molecular weight is 287 g/mol. The predicted octanol–water partition coefficient (Wildman–Crippen LogP) is 3.60. The van der Waals surface area contributed by atoms with E-state index in [-0.39, 0.29) is 0 Å². The predicted molar refractivity (Wildman–Crippen MR) is 83.1 cm³/mol. The summed E-state index contributed by atoms with van der Waals surface area (Å²) in [7, 11) is 0. The van der Waals surface area contributed by atoms with Crippen molar-refractivity contribution in [1.29, 1.82) is 0 Å². The monoisotopic (exact) mass is 287 g/mol. The summed E-state index contributed by atoms with van der Waals surface area (Å²) in [6, 6.07) is 0. The lowest BCUT2D eigenvalue weighted by Gasteiger charge is -2.25. The van der Waals surface area contributed by atoms with Crippen molar-refractivity contribution < 1.29 is 14.6 Å². The van der Waals surface area contributed by atoms with Gasteiger partial charge in [-0.25, -0.2) is 0 Å². The lowest BCUT2D eigenvalue weighted by molar-refractivity contribution is -0.144. The average Bonchev–Trinajstić information content (AvgIpc) is 2.41. The molecule has 0 aliphatic heterocycles. The van der Waals surface area contributed by atoms with E-state index in [9.17, 15) is 9.90 Å². The number of carboxylic acid groups (broad SMARTS) is 1. The summed E-state index contributed by atoms with van der Waals surface area (Å²) in [6.07, 6.45) is 8.99. The standard InChI is InChI=1S/C16H33NO3/c1-4-6-7-8-9-10-13-20-14-11-12-16(3,15(18)19)17-5-2/h17H,4-14H2,1-3H3,(H,18,19). The second kappa shape index (κ2) is 12.2. The number of carboxylic acids is 1. The van der Waals surface area contributed by atoms with Crippen molar-refractivity contribution in [2.75, 3.05) is 19.8 Å². The number of aliphatic carboxylic acids is 1. The van der Waals surface area contributed by atoms with Crippen molar-refractivity contribution in [3.8, 4) is 0 Å². The summed E-state index contributed by atoms with van der Waals surface area (Å²) in [5.74, 6) is -0.782. The molecular weight excluding hydrogens is 254 g/mol. The molecule has 0 fully saturated rings. The quantitative estimate of drug-likeness (QED) is 0.479. The highest BCUT2D eigenvalue weighted by atomic mass is 16.5. The van der Waals surface area contributed by atoms with Crippen LogP contribution in [0.1, 0.15) is 72.1 Å². The highest BCUT2D eigenvalue weighted by Gasteiger charge is 2.30. The number of nitrogens with one attached hydrogen (secondary N) is 1. The molecule has 120 valence electrons. The molecule has 0 aromatic heterocycles. The van der Waals surface area contributed by atoms with E-state index in [1.807, 2.05) is 6.92 Å². The molecule has 4 nitrogen and oxygen atoms in total. The van der Waals surface area contributed by atoms with Crippen LogP contribution in [0.3, 0.4) is 0 Å². The number of ether oxygens (including phenoxy) is 1. The zero-order valence-electron chi connectivity index (χ0n) is 13.5. The summed E-state index contributed by atoms with van der Waals surface area (Å²) in [6.45, 7) is 8.02. The Hall–Kier alpha value is -0.610. The minimum atomic E-state index is -0.821. The third-order valence-corrected chi connectivity index (χ3v) is 3.65. The first kappa shape index (κ1) is 19.4. The molecule has 0 heterocycles. The van der Waals surface area contributed by atoms with Gasteiger partial charge < -0.3 is 15.2 Å². The molecule has 0 aliphatic carbocycles. The van der Waals surface area contributed by atoms with Gasteiger partial charge in [0.2, 0.25) is 0 Å². The Bertz CT molecular complexity index is 246. The molecule has 0 amide bonds. The van der Waals surface area contributed by atoms with Crippen LogP contribution < -0.4 is 5.32 Å². The molecule has 1 atom stereocenters. The molecule has 0 rings (SSSR count). The fourth-order valence-corrected chi connectivity index (χ4v) is 2.28. The molecule has 0 bridgehead atoms. The molecule has 2 N–H and O–H groups in total. The lowest BCUT2D eigenvalue weighted by Crippen LogP contribution is -2.49. The number of hydrogen-bond acceptors (Lipinski definition) is 3. The van der Waals surface area contributed by atoms with Crippen LogP contribution in [0.25, 0.3) is 0 Å². The van der Waals surface area contributed by atoms with Gasteiger partial charge in [0.05, 0.1) is 0 Å². The highest BCUT2D eigenvalue weighted by molar-refractivity contribution is 5.78. The Balaban J connectivity index is 3.48. The maximum absolute atomic E-state index is 11.2. The van der Waals surface area contributed by atoms with Crippen LogP contribution in [0.5, 0.6) is 0 Å². The first-order valence-corrected chi connectivity index (χ1v) is 8.13. The fourth-order valence-electron chi connectivity index (χ4n) is 2.28. The zero-order valence-corrected chi connectivity index (χ0v) is 13.5. The molecule has 4 heteroatoms. The molecule has 1 unspecified atom stereocenters. The van der Waals surface area contributed by atoms with Gasteiger partial charge in [-0.2, -0.15) is 0 Å². The van der Waals surface area contributed by atoms with Gasteiger partial charge >= 0.3 is 5.97 Å². The number of rotatable bonds is 14. The summed E-state index contributed by atoms with van der Waals surface area (Å²) in [5.41, 5.74) is -0.821. The van der Waals surface area contributed by atoms with Crippen molar-refractivity contribution in [3.05, 3.63) is 0 Å². The summed E-state index contributed by atoms with van der Waals surface area (Å²) < 4.78 is 5.57. The van der Waals surface area contributed by atoms with Crippen molar-refractivity contribution in [3.63, 3.8) is 0 Å². The van der Waals surface area contributed by atoms with Gasteiger partial charge in [-0.05, 0) is 32.7 Å². The lowest BCUT2D eigenvalue weighted by atomic mass is 9.96. The molecule has 0 radical (unpaired) electrons. The van der Waals surface area contributed by atoms with E-state index in [0.717, 1.165) is 19.4 Å². The second-order valence-corrected chi connectivity index (χ2v) is 5.65. The largest absolute Gasteiger partial charge is 0.480 e. The summed E-state index contributed by atoms with van der Waals surface area (Å²) in [4.78, 5) is 11.2. The van der Waals surface area contributed by atoms with Gasteiger partial charge in [-0.3, -0.25) is 4.79 Å². The molecule has 0 spiro atoms. The smallest absolute Gasteiger partial charge is 0.323 e. The molecule has 0 aromatic rings. The molecule has 20 heavy (non-hydrogen) atoms. The van der Waals surface area contributed by atoms with Crippen LogP contribution in [0, 0.1) is 0 Å². The van der Waals surface area contributed by atoms with E-state index in [1.54, 1.807) is 6.92 Å². The van der Waals surface area contributed by atoms with Crippen molar-refractivity contribution in [2.45, 2.75) is 77.7 Å². The van der Waals surface area contributed by atoms with E-state index in [4.69, 9.17) is 4.74 Å². The van der Waals surface area contributed by atoms with Gasteiger partial charge in [0.15, 0.2) is 0 Å². The van der Waals surface area contributed by atoms with Crippen LogP contribution in [-0.2, 0) is 9.53 Å². The maximum Gasteiger partial charge on any atom is 0.323 e. The Morgan fingerprint density at radius 2 is 1.65 bits per heavy atom. The van der Waals surface area contributed by atoms with Crippen LogP contribution >= 0.6 is 0 Å². The molecule has 0 saturated heterocycles. The minimum Gasteiger partial charge on any atom is -0.480 e. The van der Waals surface area contributed by atoms with Gasteiger partial charge in [0, 0.05) is 13.2 Å². The second-order valence-electron chi connectivity index (χ2n) is 5.65. The first-order valence-electron chi connectivity index (χ1n) is 8.13. The molecule has 0 saturated carbocycles. The molecule has 0 aliphatic rings. The topological polar surface area (TPSA) is 58.6 Å². The van der Waals surface area contributed by atoms with Crippen LogP contribution in [0.15, 0.2) is 0 Å². The van der Waals surface area contributed by atoms with Crippen LogP contribution in [0.4, 0.5) is 0 Å². The Labute approximate surface area is 124 Å². The van der Waals surface area contributed by atoms with Crippen molar-refractivity contribution >= 4 is 5.97 Å². The fraction of sp³-hybridized carbons (Fsp3) is 0.938. The van der Waals surface area contributed by atoms with E-state index in [2.05, 4.69) is 12.2 Å². The summed E-state index contributed by atoms with van der Waals surface area (Å²) >= 11 is 0. The molecular formula is C16H33NO3. The SMILES string of the molecule is CCCCCCCCOCCCC(C)(NCC)C(=O)O. The van der Waals surface area contributed by atoms with Gasteiger partial charge in [-0.1, -0.05) is 46.0 Å². The third kappa shape index (κ3) is 9.32. The van der Waals surface area contributed by atoms with E-state index in [0.29, 0.717) is 19.6 Å².